The molecule has 1 aromatic rings. The maximum atomic E-state index is 12.0. The molecule has 0 spiro atoms. The third kappa shape index (κ3) is 2.96. The summed E-state index contributed by atoms with van der Waals surface area (Å²) in [5, 5.41) is 14.2. The molecule has 1 atom stereocenters. The van der Waals surface area contributed by atoms with E-state index < -0.39 is 11.9 Å². The molecule has 20 heavy (non-hydrogen) atoms. The van der Waals surface area contributed by atoms with E-state index in [0.29, 0.717) is 24.1 Å². The van der Waals surface area contributed by atoms with Gasteiger partial charge in [0.05, 0.1) is 12.3 Å². The second kappa shape index (κ2) is 5.73. The predicted octanol–water partition coefficient (Wildman–Crippen LogP) is 1.02. The second-order valence-corrected chi connectivity index (χ2v) is 4.75. The Kier molecular flexibility index (Phi) is 4.02. The second-order valence-electron chi connectivity index (χ2n) is 4.75. The largest absolute Gasteiger partial charge is 0.481 e. The molecule has 2 rings (SSSR count). The summed E-state index contributed by atoms with van der Waals surface area (Å²) in [6, 6.07) is 4.98. The van der Waals surface area contributed by atoms with Gasteiger partial charge in [0, 0.05) is 17.8 Å². The molecule has 0 aliphatic carbocycles. The van der Waals surface area contributed by atoms with Gasteiger partial charge < -0.3 is 15.7 Å². The topological polar surface area (TPSA) is 95.5 Å². The molecule has 1 aliphatic heterocycles. The number of fused-ring (bicyclic) bond motifs is 1. The van der Waals surface area contributed by atoms with Crippen molar-refractivity contribution in [1.29, 1.82) is 0 Å². The van der Waals surface area contributed by atoms with Crippen molar-refractivity contribution in [3.8, 4) is 0 Å². The minimum atomic E-state index is -0.922. The highest BCUT2D eigenvalue weighted by atomic mass is 16.4. The number of rotatable bonds is 5. The van der Waals surface area contributed by atoms with Crippen LogP contribution in [0.4, 0.5) is 5.69 Å². The average molecular weight is 276 g/mol. The number of carbonyl (C=O) groups is 3. The maximum absolute atomic E-state index is 12.0. The Bertz CT molecular complexity index is 568. The average Bonchev–Trinajstić information content (AvgIpc) is 2.77. The van der Waals surface area contributed by atoms with Crippen LogP contribution in [0, 0.1) is 5.92 Å². The zero-order valence-electron chi connectivity index (χ0n) is 11.1. The summed E-state index contributed by atoms with van der Waals surface area (Å²) in [6.07, 6.45) is 0.782. The molecular formula is C14H16N2O4. The fraction of sp³-hybridized carbons (Fsp3) is 0.357. The van der Waals surface area contributed by atoms with E-state index in [-0.39, 0.29) is 18.4 Å². The number of carboxylic acid groups (broad SMARTS) is 1. The Balaban J connectivity index is 2.02. The van der Waals surface area contributed by atoms with Gasteiger partial charge in [-0.2, -0.15) is 0 Å². The first-order chi connectivity index (χ1) is 9.51. The van der Waals surface area contributed by atoms with Gasteiger partial charge in [-0.1, -0.05) is 13.0 Å². The van der Waals surface area contributed by atoms with Crippen molar-refractivity contribution in [2.75, 3.05) is 11.9 Å². The van der Waals surface area contributed by atoms with Crippen LogP contribution in [0.2, 0.25) is 0 Å². The fourth-order valence-corrected chi connectivity index (χ4v) is 2.08. The van der Waals surface area contributed by atoms with Gasteiger partial charge in [-0.05, 0) is 24.1 Å². The molecule has 3 N–H and O–H groups in total. The number of nitrogens with one attached hydrogen (secondary N) is 2. The van der Waals surface area contributed by atoms with E-state index in [9.17, 15) is 14.4 Å². The molecular weight excluding hydrogens is 260 g/mol. The molecule has 106 valence electrons. The Morgan fingerprint density at radius 1 is 1.45 bits per heavy atom. The number of aliphatic carboxylic acids is 1. The van der Waals surface area contributed by atoms with Crippen LogP contribution in [0.5, 0.6) is 0 Å². The van der Waals surface area contributed by atoms with Crippen LogP contribution in [0.15, 0.2) is 18.2 Å². The van der Waals surface area contributed by atoms with Crippen molar-refractivity contribution < 1.29 is 19.5 Å². The summed E-state index contributed by atoms with van der Waals surface area (Å²) in [6.45, 7) is 1.85. The van der Waals surface area contributed by atoms with Crippen LogP contribution in [0.3, 0.4) is 0 Å². The van der Waals surface area contributed by atoms with Gasteiger partial charge in [0.2, 0.25) is 5.91 Å². The van der Waals surface area contributed by atoms with Crippen LogP contribution in [-0.4, -0.2) is 29.4 Å². The van der Waals surface area contributed by atoms with Crippen LogP contribution in [0.25, 0.3) is 0 Å². The summed E-state index contributed by atoms with van der Waals surface area (Å²) in [5.41, 5.74) is 1.92. The van der Waals surface area contributed by atoms with Gasteiger partial charge in [0.15, 0.2) is 0 Å². The zero-order chi connectivity index (χ0) is 14.7. The third-order valence-electron chi connectivity index (χ3n) is 3.35. The highest BCUT2D eigenvalue weighted by Gasteiger charge is 2.20. The molecule has 0 fully saturated rings. The molecule has 0 aromatic heterocycles. The van der Waals surface area contributed by atoms with E-state index in [1.54, 1.807) is 25.1 Å². The van der Waals surface area contributed by atoms with E-state index in [4.69, 9.17) is 5.11 Å². The summed E-state index contributed by atoms with van der Waals surface area (Å²) < 4.78 is 0. The lowest BCUT2D eigenvalue weighted by Crippen LogP contribution is -2.32. The number of hydrogen-bond donors (Lipinski definition) is 3. The smallest absolute Gasteiger partial charge is 0.308 e. The molecule has 0 saturated heterocycles. The summed E-state index contributed by atoms with van der Waals surface area (Å²) >= 11 is 0. The highest BCUT2D eigenvalue weighted by molar-refractivity contribution is 6.02. The van der Waals surface area contributed by atoms with Crippen molar-refractivity contribution in [2.24, 2.45) is 5.92 Å². The molecule has 6 nitrogen and oxygen atoms in total. The quantitative estimate of drug-likeness (QED) is 0.748. The molecule has 1 aliphatic rings. The van der Waals surface area contributed by atoms with E-state index in [1.165, 1.54) is 0 Å². The van der Waals surface area contributed by atoms with Gasteiger partial charge in [0.25, 0.3) is 5.91 Å². The van der Waals surface area contributed by atoms with Crippen LogP contribution in [-0.2, 0) is 16.0 Å². The minimum absolute atomic E-state index is 0.0884. The van der Waals surface area contributed by atoms with Gasteiger partial charge in [-0.3, -0.25) is 14.4 Å². The normalized spacial score (nSPS) is 14.3. The maximum Gasteiger partial charge on any atom is 0.308 e. The standard InChI is InChI=1S/C14H16N2O4/c1-2-8(14(19)20)7-15-13(18)10-4-3-9-6-12(17)16-11(9)5-10/h3-5,8H,2,6-7H2,1H3,(H,15,18)(H,16,17)(H,19,20). The first-order valence-corrected chi connectivity index (χ1v) is 6.45. The van der Waals surface area contributed by atoms with Gasteiger partial charge >= 0.3 is 5.97 Å². The molecule has 0 radical (unpaired) electrons. The molecule has 1 heterocycles. The van der Waals surface area contributed by atoms with Crippen molar-refractivity contribution in [3.63, 3.8) is 0 Å². The van der Waals surface area contributed by atoms with E-state index >= 15 is 0 Å². The summed E-state index contributed by atoms with van der Waals surface area (Å²) in [4.78, 5) is 34.1. The number of carboxylic acids is 1. The van der Waals surface area contributed by atoms with E-state index in [1.807, 2.05) is 0 Å². The van der Waals surface area contributed by atoms with Crippen LogP contribution in [0.1, 0.15) is 29.3 Å². The number of benzene rings is 1. The first-order valence-electron chi connectivity index (χ1n) is 6.45. The Hall–Kier alpha value is -2.37. The third-order valence-corrected chi connectivity index (χ3v) is 3.35. The number of amides is 2. The Morgan fingerprint density at radius 3 is 2.85 bits per heavy atom. The van der Waals surface area contributed by atoms with Crippen molar-refractivity contribution in [1.82, 2.24) is 5.32 Å². The van der Waals surface area contributed by atoms with Gasteiger partial charge in [0.1, 0.15) is 0 Å². The molecule has 1 unspecified atom stereocenters. The van der Waals surface area contributed by atoms with Crippen LogP contribution >= 0.6 is 0 Å². The minimum Gasteiger partial charge on any atom is -0.481 e. The molecule has 6 heteroatoms. The van der Waals surface area contributed by atoms with Crippen molar-refractivity contribution in [3.05, 3.63) is 29.3 Å². The lowest BCUT2D eigenvalue weighted by atomic mass is 10.1. The lowest BCUT2D eigenvalue weighted by molar-refractivity contribution is -0.141. The number of carbonyl (C=O) groups excluding carboxylic acids is 2. The van der Waals surface area contributed by atoms with Gasteiger partial charge in [-0.15, -0.1) is 0 Å². The summed E-state index contributed by atoms with van der Waals surface area (Å²) in [7, 11) is 0. The first kappa shape index (κ1) is 14.0. The predicted molar refractivity (Wildman–Crippen MR) is 72.5 cm³/mol. The monoisotopic (exact) mass is 276 g/mol. The molecule has 0 saturated carbocycles. The highest BCUT2D eigenvalue weighted by Crippen LogP contribution is 2.23. The Labute approximate surface area is 116 Å². The van der Waals surface area contributed by atoms with E-state index in [2.05, 4.69) is 10.6 Å². The fourth-order valence-electron chi connectivity index (χ4n) is 2.08. The number of hydrogen-bond acceptors (Lipinski definition) is 3. The Morgan fingerprint density at radius 2 is 2.20 bits per heavy atom. The zero-order valence-corrected chi connectivity index (χ0v) is 11.1. The molecule has 2 amide bonds. The van der Waals surface area contributed by atoms with Crippen molar-refractivity contribution >= 4 is 23.5 Å². The lowest BCUT2D eigenvalue weighted by Gasteiger charge is -2.11. The van der Waals surface area contributed by atoms with E-state index in [0.717, 1.165) is 5.56 Å². The summed E-state index contributed by atoms with van der Waals surface area (Å²) in [5.74, 6) is -1.94. The SMILES string of the molecule is CCC(CNC(=O)c1ccc2c(c1)NC(=O)C2)C(=O)O. The van der Waals surface area contributed by atoms with Gasteiger partial charge in [-0.25, -0.2) is 0 Å². The van der Waals surface area contributed by atoms with Crippen molar-refractivity contribution in [2.45, 2.75) is 19.8 Å². The molecule has 1 aromatic carbocycles. The molecule has 0 bridgehead atoms. The number of anilines is 1. The van der Waals surface area contributed by atoms with Crippen LogP contribution < -0.4 is 10.6 Å².